The van der Waals surface area contributed by atoms with Crippen LogP contribution >= 0.6 is 45.2 Å². The van der Waals surface area contributed by atoms with Gasteiger partial charge in [-0.2, -0.15) is 0 Å². The van der Waals surface area contributed by atoms with Crippen LogP contribution in [0.1, 0.15) is 44.1 Å². The number of hydrogen-bond donors (Lipinski definition) is 0. The number of carbonyl (C=O) groups excluding carboxylic acids is 2. The lowest BCUT2D eigenvalue weighted by molar-refractivity contribution is -0.161. The van der Waals surface area contributed by atoms with Crippen molar-refractivity contribution in [3.63, 3.8) is 0 Å². The van der Waals surface area contributed by atoms with E-state index in [1.54, 1.807) is 7.11 Å². The maximum atomic E-state index is 13.0. The Bertz CT molecular complexity index is 985. The molecule has 7 heteroatoms. The molecule has 1 aromatic rings. The average Bonchev–Trinajstić information content (AvgIpc) is 3.22. The van der Waals surface area contributed by atoms with E-state index in [4.69, 9.17) is 9.47 Å². The Morgan fingerprint density at radius 3 is 2.70 bits per heavy atom. The van der Waals surface area contributed by atoms with Crippen molar-refractivity contribution in [2.45, 2.75) is 49.7 Å². The van der Waals surface area contributed by atoms with E-state index in [9.17, 15) is 9.59 Å². The van der Waals surface area contributed by atoms with Crippen molar-refractivity contribution < 1.29 is 19.1 Å². The molecule has 3 atom stereocenters. The van der Waals surface area contributed by atoms with Gasteiger partial charge in [0, 0.05) is 16.5 Å². The first-order valence-electron chi connectivity index (χ1n) is 10.4. The number of hydrogen-bond acceptors (Lipinski definition) is 4. The second kappa shape index (κ2) is 7.50. The van der Waals surface area contributed by atoms with Crippen LogP contribution in [-0.4, -0.2) is 41.6 Å². The molecule has 0 radical (unpaired) electrons. The molecule has 5 nitrogen and oxygen atoms in total. The molecule has 0 unspecified atom stereocenters. The number of ether oxygens (including phenoxy) is 2. The van der Waals surface area contributed by atoms with Crippen molar-refractivity contribution in [2.75, 3.05) is 13.7 Å². The third-order valence-corrected chi connectivity index (χ3v) is 8.90. The monoisotopic (exact) mass is 631 g/mol. The minimum absolute atomic E-state index is 0.171. The average molecular weight is 631 g/mol. The smallest absolute Gasteiger partial charge is 0.349 e. The molecule has 1 saturated carbocycles. The number of nitrogens with zero attached hydrogens (tertiary/aromatic N) is 1. The molecule has 1 aromatic carbocycles. The van der Waals surface area contributed by atoms with Gasteiger partial charge in [0.15, 0.2) is 5.76 Å². The Labute approximate surface area is 203 Å². The lowest BCUT2D eigenvalue weighted by Gasteiger charge is -2.48. The number of rotatable bonds is 2. The summed E-state index contributed by atoms with van der Waals surface area (Å²) >= 11 is 4.34. The van der Waals surface area contributed by atoms with Crippen LogP contribution in [0.2, 0.25) is 0 Å². The van der Waals surface area contributed by atoms with Crippen LogP contribution < -0.4 is 0 Å². The molecule has 3 aliphatic heterocycles. The summed E-state index contributed by atoms with van der Waals surface area (Å²) in [6, 6.07) is 8.33. The van der Waals surface area contributed by atoms with Crippen molar-refractivity contribution in [3.05, 3.63) is 48.3 Å². The number of amides is 1. The fraction of sp³-hybridized carbons (Fsp3) is 0.478. The van der Waals surface area contributed by atoms with Crippen LogP contribution in [0.3, 0.4) is 0 Å². The summed E-state index contributed by atoms with van der Waals surface area (Å²) < 4.78 is 13.9. The molecule has 3 fully saturated rings. The number of carbonyl (C=O) groups is 2. The Hall–Kier alpha value is -1.10. The van der Waals surface area contributed by atoms with Gasteiger partial charge in [0.25, 0.3) is 0 Å². The van der Waals surface area contributed by atoms with E-state index in [0.717, 1.165) is 43.4 Å². The highest BCUT2D eigenvalue weighted by atomic mass is 127. The first kappa shape index (κ1) is 20.8. The van der Waals surface area contributed by atoms with Gasteiger partial charge >= 0.3 is 5.97 Å². The minimum Gasteiger partial charge on any atom is -0.495 e. The molecule has 2 spiro atoms. The maximum absolute atomic E-state index is 13.0. The quantitative estimate of drug-likeness (QED) is 0.347. The normalized spacial score (nSPS) is 34.4. The Morgan fingerprint density at radius 2 is 1.97 bits per heavy atom. The van der Waals surface area contributed by atoms with Crippen molar-refractivity contribution in [2.24, 2.45) is 5.92 Å². The van der Waals surface area contributed by atoms with Gasteiger partial charge in [-0.15, -0.1) is 0 Å². The predicted molar refractivity (Wildman–Crippen MR) is 130 cm³/mol. The molecule has 30 heavy (non-hydrogen) atoms. The zero-order chi connectivity index (χ0) is 21.1. The van der Waals surface area contributed by atoms with Gasteiger partial charge < -0.3 is 14.4 Å². The molecule has 0 aromatic heterocycles. The third kappa shape index (κ3) is 2.69. The number of benzene rings is 1. The number of methoxy groups -OCH3 is 1. The van der Waals surface area contributed by atoms with Gasteiger partial charge in [0.05, 0.1) is 12.6 Å². The van der Waals surface area contributed by atoms with Crippen molar-refractivity contribution >= 4 is 63.1 Å². The second-order valence-electron chi connectivity index (χ2n) is 8.51. The molecule has 4 aliphatic rings. The Morgan fingerprint density at radius 1 is 1.20 bits per heavy atom. The summed E-state index contributed by atoms with van der Waals surface area (Å²) in [4.78, 5) is 27.9. The maximum Gasteiger partial charge on any atom is 0.349 e. The highest BCUT2D eigenvalue weighted by molar-refractivity contribution is 14.1. The topological polar surface area (TPSA) is 55.8 Å². The highest BCUT2D eigenvalue weighted by Gasteiger charge is 2.75. The molecule has 3 heterocycles. The molecule has 0 bridgehead atoms. The lowest BCUT2D eigenvalue weighted by atomic mass is 9.72. The van der Waals surface area contributed by atoms with E-state index in [2.05, 4.69) is 52.9 Å². The van der Waals surface area contributed by atoms with Gasteiger partial charge in [-0.25, -0.2) is 4.79 Å². The van der Waals surface area contributed by atoms with Crippen LogP contribution in [-0.2, 0) is 19.1 Å². The largest absolute Gasteiger partial charge is 0.495 e. The fourth-order valence-corrected chi connectivity index (χ4v) is 7.25. The number of esters is 1. The molecule has 2 saturated heterocycles. The van der Waals surface area contributed by atoms with E-state index in [1.165, 1.54) is 3.57 Å². The Balaban J connectivity index is 1.76. The molecular formula is C23H23I2NO4. The van der Waals surface area contributed by atoms with Crippen LogP contribution in [0.15, 0.2) is 39.2 Å². The van der Waals surface area contributed by atoms with Crippen LogP contribution in [0.4, 0.5) is 0 Å². The predicted octanol–water partition coefficient (Wildman–Crippen LogP) is 4.83. The van der Waals surface area contributed by atoms with E-state index < -0.39 is 11.1 Å². The minimum atomic E-state index is -1.03. The van der Waals surface area contributed by atoms with Crippen LogP contribution in [0.25, 0.3) is 6.08 Å². The molecule has 1 amide bonds. The summed E-state index contributed by atoms with van der Waals surface area (Å²) in [6.07, 6.45) is 7.26. The SMILES string of the molecule is COC1=C(I)C(=O)O[C@@]12/C(=C/c1ccc(I)cc1)C[C@@H]1CCCCN3C(=O)CC[C@@]132. The molecule has 0 N–H and O–H groups in total. The standard InChI is InChI=1S/C23H23I2NO4/c1-29-20-19(25)21(28)30-23(20)16(12-14-5-7-17(24)8-6-14)13-15-4-2-3-11-26-18(27)9-10-22(15,23)26/h5-8,12,15H,2-4,9-11,13H2,1H3/b16-12+/t15-,22-,23-/m0/s1. The summed E-state index contributed by atoms with van der Waals surface area (Å²) in [5.41, 5.74) is 0.539. The van der Waals surface area contributed by atoms with Gasteiger partial charge in [-0.05, 0) is 100 Å². The second-order valence-corrected chi connectivity index (χ2v) is 10.8. The van der Waals surface area contributed by atoms with E-state index in [1.807, 2.05) is 27.5 Å². The highest BCUT2D eigenvalue weighted by Crippen LogP contribution is 2.65. The lowest BCUT2D eigenvalue weighted by Crippen LogP contribution is -2.63. The fourth-order valence-electron chi connectivity index (χ4n) is 6.18. The van der Waals surface area contributed by atoms with Gasteiger partial charge in [-0.1, -0.05) is 24.6 Å². The van der Waals surface area contributed by atoms with Crippen LogP contribution in [0.5, 0.6) is 0 Å². The van der Waals surface area contributed by atoms with Crippen LogP contribution in [0, 0.1) is 9.49 Å². The summed E-state index contributed by atoms with van der Waals surface area (Å²) in [5, 5.41) is 0. The van der Waals surface area contributed by atoms with Crippen molar-refractivity contribution in [1.82, 2.24) is 4.90 Å². The van der Waals surface area contributed by atoms with Crippen molar-refractivity contribution in [1.29, 1.82) is 0 Å². The van der Waals surface area contributed by atoms with Gasteiger partial charge in [-0.3, -0.25) is 4.79 Å². The Kier molecular flexibility index (Phi) is 5.19. The molecule has 5 rings (SSSR count). The summed E-state index contributed by atoms with van der Waals surface area (Å²) in [7, 11) is 1.61. The molecular weight excluding hydrogens is 608 g/mol. The van der Waals surface area contributed by atoms with E-state index >= 15 is 0 Å². The third-order valence-electron chi connectivity index (χ3n) is 7.25. The first-order valence-corrected chi connectivity index (χ1v) is 12.5. The van der Waals surface area contributed by atoms with E-state index in [0.29, 0.717) is 22.2 Å². The number of halogens is 2. The molecule has 158 valence electrons. The first-order chi connectivity index (χ1) is 14.4. The zero-order valence-corrected chi connectivity index (χ0v) is 21.1. The molecule has 1 aliphatic carbocycles. The summed E-state index contributed by atoms with van der Waals surface area (Å²) in [5.74, 6) is 0.653. The van der Waals surface area contributed by atoms with Gasteiger partial charge in [0.1, 0.15) is 3.58 Å². The summed E-state index contributed by atoms with van der Waals surface area (Å²) in [6.45, 7) is 0.721. The van der Waals surface area contributed by atoms with Crippen molar-refractivity contribution in [3.8, 4) is 0 Å². The van der Waals surface area contributed by atoms with Gasteiger partial charge in [0.2, 0.25) is 11.5 Å². The zero-order valence-electron chi connectivity index (χ0n) is 16.7. The van der Waals surface area contributed by atoms with E-state index in [-0.39, 0.29) is 17.8 Å².